The first-order valence-corrected chi connectivity index (χ1v) is 10.4. The van der Waals surface area contributed by atoms with Crippen molar-refractivity contribution in [1.29, 1.82) is 0 Å². The van der Waals surface area contributed by atoms with Crippen molar-refractivity contribution in [3.05, 3.63) is 64.4 Å². The first kappa shape index (κ1) is 21.7. The van der Waals surface area contributed by atoms with Gasteiger partial charge >= 0.3 is 0 Å². The molecule has 0 bridgehead atoms. The van der Waals surface area contributed by atoms with Gasteiger partial charge in [-0.25, -0.2) is 4.98 Å². The zero-order chi connectivity index (χ0) is 21.7. The smallest absolute Gasteiger partial charge is 0.262 e. The molecule has 0 spiro atoms. The summed E-state index contributed by atoms with van der Waals surface area (Å²) in [5.74, 6) is -0.379. The first-order valence-electron chi connectivity index (χ1n) is 9.45. The number of amides is 1. The molecule has 0 saturated carbocycles. The Morgan fingerprint density at radius 2 is 1.87 bits per heavy atom. The zero-order valence-corrected chi connectivity index (χ0v) is 17.9. The average molecular weight is 426 g/mol. The van der Waals surface area contributed by atoms with Gasteiger partial charge in [0.05, 0.1) is 35.0 Å². The molecule has 156 valence electrons. The zero-order valence-electron chi connectivity index (χ0n) is 17.0. The molecule has 30 heavy (non-hydrogen) atoms. The summed E-state index contributed by atoms with van der Waals surface area (Å²) in [6.45, 7) is 3.66. The number of para-hydroxylation sites is 2. The normalized spacial score (nSPS) is 12.0. The van der Waals surface area contributed by atoms with E-state index in [9.17, 15) is 14.4 Å². The molecule has 8 heteroatoms. The minimum absolute atomic E-state index is 0.0384. The van der Waals surface area contributed by atoms with Crippen molar-refractivity contribution in [1.82, 2.24) is 9.55 Å². The van der Waals surface area contributed by atoms with E-state index in [0.29, 0.717) is 33.9 Å². The molecule has 3 aromatic rings. The minimum atomic E-state index is -0.290. The fourth-order valence-electron chi connectivity index (χ4n) is 3.15. The molecule has 2 aromatic carbocycles. The van der Waals surface area contributed by atoms with Gasteiger partial charge in [-0.2, -0.15) is 0 Å². The number of anilines is 1. The van der Waals surface area contributed by atoms with Crippen molar-refractivity contribution in [3.63, 3.8) is 0 Å². The molecule has 1 amide bonds. The first-order chi connectivity index (χ1) is 14.4. The highest BCUT2D eigenvalue weighted by Crippen LogP contribution is 2.22. The summed E-state index contributed by atoms with van der Waals surface area (Å²) in [5, 5.41) is 3.73. The number of benzene rings is 2. The van der Waals surface area contributed by atoms with Crippen LogP contribution in [0, 0.1) is 0 Å². The van der Waals surface area contributed by atoms with Crippen molar-refractivity contribution in [3.8, 4) is 0 Å². The van der Waals surface area contributed by atoms with Crippen LogP contribution in [-0.2, 0) is 9.53 Å². The summed E-state index contributed by atoms with van der Waals surface area (Å²) in [5.41, 5.74) is 1.32. The van der Waals surface area contributed by atoms with Crippen LogP contribution in [0.4, 0.5) is 5.69 Å². The summed E-state index contributed by atoms with van der Waals surface area (Å²) in [6, 6.07) is 13.7. The molecule has 0 aliphatic rings. The fourth-order valence-corrected chi connectivity index (χ4v) is 4.04. The average Bonchev–Trinajstić information content (AvgIpc) is 2.72. The van der Waals surface area contributed by atoms with E-state index < -0.39 is 0 Å². The number of ketones is 1. The van der Waals surface area contributed by atoms with Gasteiger partial charge in [0.2, 0.25) is 5.91 Å². The van der Waals surface area contributed by atoms with Crippen molar-refractivity contribution >= 4 is 40.0 Å². The van der Waals surface area contributed by atoms with Crippen molar-refractivity contribution in [2.75, 3.05) is 24.8 Å². The fraction of sp³-hybridized carbons (Fsp3) is 0.273. The molecule has 0 fully saturated rings. The number of thioether (sulfide) groups is 1. The Kier molecular flexibility index (Phi) is 7.02. The molecule has 0 aliphatic carbocycles. The monoisotopic (exact) mass is 425 g/mol. The van der Waals surface area contributed by atoms with E-state index in [-0.39, 0.29) is 29.0 Å². The lowest BCUT2D eigenvalue weighted by molar-refractivity contribution is -0.113. The lowest BCUT2D eigenvalue weighted by atomic mass is 10.1. The summed E-state index contributed by atoms with van der Waals surface area (Å²) in [6.07, 6.45) is 0. The van der Waals surface area contributed by atoms with Gasteiger partial charge in [0.25, 0.3) is 5.56 Å². The van der Waals surface area contributed by atoms with Crippen LogP contribution in [0.15, 0.2) is 58.5 Å². The molecule has 1 atom stereocenters. The largest absolute Gasteiger partial charge is 0.383 e. The third-order valence-corrected chi connectivity index (χ3v) is 5.49. The lowest BCUT2D eigenvalue weighted by Crippen LogP contribution is -2.29. The Morgan fingerprint density at radius 1 is 1.17 bits per heavy atom. The van der Waals surface area contributed by atoms with E-state index in [1.165, 1.54) is 18.7 Å². The minimum Gasteiger partial charge on any atom is -0.383 e. The van der Waals surface area contributed by atoms with Crippen LogP contribution < -0.4 is 10.9 Å². The quantitative estimate of drug-likeness (QED) is 0.337. The van der Waals surface area contributed by atoms with Gasteiger partial charge in [-0.3, -0.25) is 19.0 Å². The number of hydrogen-bond donors (Lipinski definition) is 1. The van der Waals surface area contributed by atoms with E-state index in [0.717, 1.165) is 0 Å². The van der Waals surface area contributed by atoms with Crippen LogP contribution in [0.1, 0.15) is 30.2 Å². The van der Waals surface area contributed by atoms with Gasteiger partial charge in [-0.15, -0.1) is 0 Å². The van der Waals surface area contributed by atoms with Crippen molar-refractivity contribution in [2.24, 2.45) is 0 Å². The Bertz CT molecular complexity index is 1140. The molecule has 1 unspecified atom stereocenters. The second-order valence-electron chi connectivity index (χ2n) is 6.83. The summed E-state index contributed by atoms with van der Waals surface area (Å²) in [7, 11) is 1.57. The third-order valence-electron chi connectivity index (χ3n) is 4.54. The topological polar surface area (TPSA) is 90.3 Å². The van der Waals surface area contributed by atoms with Crippen LogP contribution in [-0.4, -0.2) is 40.7 Å². The Hall–Kier alpha value is -2.97. The van der Waals surface area contributed by atoms with Gasteiger partial charge in [0.15, 0.2) is 10.9 Å². The van der Waals surface area contributed by atoms with Gasteiger partial charge in [-0.1, -0.05) is 36.0 Å². The van der Waals surface area contributed by atoms with Gasteiger partial charge in [-0.05, 0) is 38.1 Å². The van der Waals surface area contributed by atoms with E-state index in [1.807, 2.05) is 13.0 Å². The molecule has 1 heterocycles. The number of rotatable bonds is 8. The second kappa shape index (κ2) is 9.69. The molecule has 0 radical (unpaired) electrons. The molecular weight excluding hydrogens is 402 g/mol. The predicted octanol–water partition coefficient (Wildman–Crippen LogP) is 3.54. The number of nitrogens with zero attached hydrogens (tertiary/aromatic N) is 2. The summed E-state index contributed by atoms with van der Waals surface area (Å²) in [4.78, 5) is 41.9. The number of nitrogens with one attached hydrogen (secondary N) is 1. The highest BCUT2D eigenvalue weighted by atomic mass is 32.2. The van der Waals surface area contributed by atoms with Crippen LogP contribution in [0.25, 0.3) is 10.9 Å². The molecule has 3 rings (SSSR count). The Labute approximate surface area is 178 Å². The highest BCUT2D eigenvalue weighted by molar-refractivity contribution is 7.99. The molecule has 0 saturated heterocycles. The molecular formula is C22H23N3O4S. The summed E-state index contributed by atoms with van der Waals surface area (Å²) >= 11 is 1.17. The predicted molar refractivity (Wildman–Crippen MR) is 118 cm³/mol. The van der Waals surface area contributed by atoms with Crippen LogP contribution in [0.5, 0.6) is 0 Å². The van der Waals surface area contributed by atoms with Crippen molar-refractivity contribution < 1.29 is 14.3 Å². The van der Waals surface area contributed by atoms with E-state index >= 15 is 0 Å². The number of aromatic nitrogens is 2. The molecule has 1 N–H and O–H groups in total. The van der Waals surface area contributed by atoms with Crippen LogP contribution in [0.2, 0.25) is 0 Å². The third kappa shape index (κ3) is 4.77. The maximum atomic E-state index is 13.0. The Morgan fingerprint density at radius 3 is 2.60 bits per heavy atom. The van der Waals surface area contributed by atoms with Gasteiger partial charge in [0.1, 0.15) is 0 Å². The standard InChI is InChI=1S/C22H23N3O4S/c1-14(12-29-3)25-21(28)17-9-5-7-11-19(17)24-22(25)30-13-20(27)23-18-10-6-4-8-16(18)15(2)26/h4-11,14H,12-13H2,1-3H3,(H,23,27). The SMILES string of the molecule is COCC(C)n1c(SCC(=O)Nc2ccccc2C(C)=O)nc2ccccc2c1=O. The van der Waals surface area contributed by atoms with Crippen molar-refractivity contribution in [2.45, 2.75) is 25.0 Å². The maximum absolute atomic E-state index is 13.0. The number of ether oxygens (including phenoxy) is 1. The van der Waals surface area contributed by atoms with Gasteiger partial charge < -0.3 is 10.1 Å². The number of carbonyl (C=O) groups is 2. The number of fused-ring (bicyclic) bond motifs is 1. The number of carbonyl (C=O) groups excluding carboxylic acids is 2. The van der Waals surface area contributed by atoms with Crippen LogP contribution in [0.3, 0.4) is 0 Å². The maximum Gasteiger partial charge on any atom is 0.262 e. The highest BCUT2D eigenvalue weighted by Gasteiger charge is 2.18. The number of hydrogen-bond acceptors (Lipinski definition) is 6. The molecule has 1 aromatic heterocycles. The Balaban J connectivity index is 1.86. The number of Topliss-reactive ketones (excluding diaryl/α,β-unsaturated/α-hetero) is 1. The van der Waals surface area contributed by atoms with Crippen LogP contribution >= 0.6 is 11.8 Å². The summed E-state index contributed by atoms with van der Waals surface area (Å²) < 4.78 is 6.78. The second-order valence-corrected chi connectivity index (χ2v) is 7.77. The van der Waals surface area contributed by atoms with E-state index in [1.54, 1.807) is 54.1 Å². The van der Waals surface area contributed by atoms with Gasteiger partial charge in [0, 0.05) is 12.7 Å². The molecule has 0 aliphatic heterocycles. The van der Waals surface area contributed by atoms with E-state index in [2.05, 4.69) is 10.3 Å². The van der Waals surface area contributed by atoms with E-state index in [4.69, 9.17) is 4.74 Å². The lowest BCUT2D eigenvalue weighted by Gasteiger charge is -2.18. The molecule has 7 nitrogen and oxygen atoms in total. The number of methoxy groups -OCH3 is 1.